The van der Waals surface area contributed by atoms with Crippen LogP contribution in [0.15, 0.2) is 36.4 Å². The quantitative estimate of drug-likeness (QED) is 0.324. The van der Waals surface area contributed by atoms with Crippen molar-refractivity contribution in [1.29, 1.82) is 0 Å². The van der Waals surface area contributed by atoms with Crippen molar-refractivity contribution in [2.75, 3.05) is 39.4 Å². The fraction of sp³-hybridized carbons (Fsp3) is 0.444. The van der Waals surface area contributed by atoms with Gasteiger partial charge in [-0.05, 0) is 49.1 Å². The minimum atomic E-state index is -1.12. The SMILES string of the molecule is CCOC(=O)[C@@H]1C(=O)N(CCC(C)C)c2nc3ccccc3n2[C@@H]1c1cc(OC)c(OC)c(OC)c1. The number of carbonyl (C=O) groups is 2. The van der Waals surface area contributed by atoms with Crippen LogP contribution in [-0.4, -0.2) is 55.9 Å². The van der Waals surface area contributed by atoms with Crippen LogP contribution in [0.1, 0.15) is 38.8 Å². The Morgan fingerprint density at radius 3 is 2.31 bits per heavy atom. The van der Waals surface area contributed by atoms with Gasteiger partial charge in [0.05, 0.1) is 45.0 Å². The number of para-hydroxylation sites is 2. The molecule has 36 heavy (non-hydrogen) atoms. The van der Waals surface area contributed by atoms with Crippen LogP contribution < -0.4 is 19.1 Å². The number of imidazole rings is 1. The Kier molecular flexibility index (Phi) is 7.37. The molecule has 4 rings (SSSR count). The predicted octanol–water partition coefficient (Wildman–Crippen LogP) is 4.22. The number of rotatable bonds is 9. The summed E-state index contributed by atoms with van der Waals surface area (Å²) < 4.78 is 24.0. The number of carbonyl (C=O) groups excluding carboxylic acids is 2. The van der Waals surface area contributed by atoms with E-state index in [-0.39, 0.29) is 12.5 Å². The van der Waals surface area contributed by atoms with E-state index in [1.165, 1.54) is 21.3 Å². The number of amides is 1. The minimum absolute atomic E-state index is 0.161. The van der Waals surface area contributed by atoms with E-state index in [1.54, 1.807) is 24.0 Å². The van der Waals surface area contributed by atoms with E-state index in [1.807, 2.05) is 28.8 Å². The molecule has 0 bridgehead atoms. The molecule has 0 N–H and O–H groups in total. The zero-order valence-electron chi connectivity index (χ0n) is 21.6. The first kappa shape index (κ1) is 25.3. The molecule has 0 unspecified atom stereocenters. The largest absolute Gasteiger partial charge is 0.493 e. The van der Waals surface area contributed by atoms with Crippen molar-refractivity contribution in [3.8, 4) is 17.2 Å². The van der Waals surface area contributed by atoms with Gasteiger partial charge in [-0.3, -0.25) is 14.5 Å². The summed E-state index contributed by atoms with van der Waals surface area (Å²) in [6, 6.07) is 10.5. The van der Waals surface area contributed by atoms with Crippen molar-refractivity contribution in [2.24, 2.45) is 11.8 Å². The van der Waals surface area contributed by atoms with Gasteiger partial charge in [-0.25, -0.2) is 4.98 Å². The Bertz CT molecular complexity index is 1240. The molecule has 0 fully saturated rings. The highest BCUT2D eigenvalue weighted by Crippen LogP contribution is 2.46. The molecular weight excluding hydrogens is 462 g/mol. The van der Waals surface area contributed by atoms with Crippen LogP contribution in [0.5, 0.6) is 17.2 Å². The Labute approximate surface area is 210 Å². The molecule has 2 atom stereocenters. The molecule has 1 aromatic heterocycles. The summed E-state index contributed by atoms with van der Waals surface area (Å²) in [5, 5.41) is 0. The minimum Gasteiger partial charge on any atom is -0.493 e. The zero-order valence-corrected chi connectivity index (χ0v) is 21.6. The van der Waals surface area contributed by atoms with E-state index in [4.69, 9.17) is 23.9 Å². The van der Waals surface area contributed by atoms with Gasteiger partial charge >= 0.3 is 5.97 Å². The predicted molar refractivity (Wildman–Crippen MR) is 136 cm³/mol. The molecule has 9 heteroatoms. The lowest BCUT2D eigenvalue weighted by molar-refractivity contribution is -0.153. The third-order valence-electron chi connectivity index (χ3n) is 6.44. The lowest BCUT2D eigenvalue weighted by atomic mass is 9.88. The normalized spacial score (nSPS) is 17.3. The van der Waals surface area contributed by atoms with Crippen molar-refractivity contribution < 1.29 is 28.5 Å². The van der Waals surface area contributed by atoms with E-state index >= 15 is 0 Å². The van der Waals surface area contributed by atoms with E-state index in [2.05, 4.69) is 13.8 Å². The average Bonchev–Trinajstić information content (AvgIpc) is 3.25. The number of aromatic nitrogens is 2. The first-order chi connectivity index (χ1) is 17.4. The molecule has 1 aliphatic rings. The highest BCUT2D eigenvalue weighted by molar-refractivity contribution is 6.08. The fourth-order valence-corrected chi connectivity index (χ4v) is 4.72. The zero-order chi connectivity index (χ0) is 26.0. The molecule has 2 aromatic carbocycles. The Hall–Kier alpha value is -3.75. The lowest BCUT2D eigenvalue weighted by Crippen LogP contribution is -2.50. The number of ether oxygens (including phenoxy) is 4. The van der Waals surface area contributed by atoms with Gasteiger partial charge in [-0.2, -0.15) is 0 Å². The first-order valence-corrected chi connectivity index (χ1v) is 12.1. The van der Waals surface area contributed by atoms with Crippen LogP contribution in [0.4, 0.5) is 5.95 Å². The van der Waals surface area contributed by atoms with Gasteiger partial charge in [0.15, 0.2) is 17.4 Å². The van der Waals surface area contributed by atoms with Gasteiger partial charge in [-0.15, -0.1) is 0 Å². The van der Waals surface area contributed by atoms with Crippen LogP contribution >= 0.6 is 0 Å². The Morgan fingerprint density at radius 2 is 1.72 bits per heavy atom. The van der Waals surface area contributed by atoms with Crippen LogP contribution in [0, 0.1) is 11.8 Å². The molecule has 1 amide bonds. The monoisotopic (exact) mass is 495 g/mol. The number of hydrogen-bond acceptors (Lipinski definition) is 7. The van der Waals surface area contributed by atoms with E-state index in [0.717, 1.165) is 17.5 Å². The number of benzene rings is 2. The summed E-state index contributed by atoms with van der Waals surface area (Å²) in [4.78, 5) is 33.8. The second-order valence-corrected chi connectivity index (χ2v) is 9.08. The molecule has 0 radical (unpaired) electrons. The van der Waals surface area contributed by atoms with E-state index in [0.29, 0.717) is 41.2 Å². The number of fused-ring (bicyclic) bond motifs is 3. The second-order valence-electron chi connectivity index (χ2n) is 9.08. The number of hydrogen-bond donors (Lipinski definition) is 0. The number of anilines is 1. The third-order valence-corrected chi connectivity index (χ3v) is 6.44. The van der Waals surface area contributed by atoms with Gasteiger partial charge in [0.25, 0.3) is 0 Å². The smallest absolute Gasteiger partial charge is 0.321 e. The Morgan fingerprint density at radius 1 is 1.06 bits per heavy atom. The van der Waals surface area contributed by atoms with Crippen molar-refractivity contribution in [3.63, 3.8) is 0 Å². The van der Waals surface area contributed by atoms with Crippen LogP contribution in [0.2, 0.25) is 0 Å². The summed E-state index contributed by atoms with van der Waals surface area (Å²) in [6.07, 6.45) is 0.763. The fourth-order valence-electron chi connectivity index (χ4n) is 4.72. The van der Waals surface area contributed by atoms with Crippen LogP contribution in [-0.2, 0) is 14.3 Å². The summed E-state index contributed by atoms with van der Waals surface area (Å²) in [6.45, 7) is 6.53. The molecule has 3 aromatic rings. The van der Waals surface area contributed by atoms with Crippen molar-refractivity contribution in [1.82, 2.24) is 9.55 Å². The van der Waals surface area contributed by atoms with Gasteiger partial charge in [0.2, 0.25) is 17.6 Å². The van der Waals surface area contributed by atoms with Crippen molar-refractivity contribution in [3.05, 3.63) is 42.0 Å². The molecule has 0 saturated carbocycles. The summed E-state index contributed by atoms with van der Waals surface area (Å²) >= 11 is 0. The van der Waals surface area contributed by atoms with Gasteiger partial charge in [0, 0.05) is 6.54 Å². The molecule has 0 spiro atoms. The summed E-state index contributed by atoms with van der Waals surface area (Å²) in [5.41, 5.74) is 2.18. The highest BCUT2D eigenvalue weighted by atomic mass is 16.5. The maximum absolute atomic E-state index is 14.0. The van der Waals surface area contributed by atoms with Crippen molar-refractivity contribution in [2.45, 2.75) is 33.2 Å². The maximum Gasteiger partial charge on any atom is 0.321 e. The topological polar surface area (TPSA) is 92.1 Å². The third kappa shape index (κ3) is 4.34. The number of esters is 1. The Balaban J connectivity index is 2.02. The number of nitrogens with zero attached hydrogens (tertiary/aromatic N) is 3. The number of methoxy groups -OCH3 is 3. The second kappa shape index (κ2) is 10.5. The first-order valence-electron chi connectivity index (χ1n) is 12.1. The highest BCUT2D eigenvalue weighted by Gasteiger charge is 2.48. The van der Waals surface area contributed by atoms with E-state index in [9.17, 15) is 9.59 Å². The molecule has 2 heterocycles. The molecule has 0 saturated heterocycles. The maximum atomic E-state index is 14.0. The van der Waals surface area contributed by atoms with Crippen LogP contribution in [0.25, 0.3) is 11.0 Å². The van der Waals surface area contributed by atoms with E-state index < -0.39 is 17.9 Å². The molecule has 192 valence electrons. The summed E-state index contributed by atoms with van der Waals surface area (Å²) in [7, 11) is 4.59. The molecule has 1 aliphatic heterocycles. The van der Waals surface area contributed by atoms with Crippen LogP contribution in [0.3, 0.4) is 0 Å². The standard InChI is InChI=1S/C27H33N3O6/c1-7-36-26(32)22-23(17-14-20(33-4)24(35-6)21(15-17)34-5)30-19-11-9-8-10-18(19)28-27(30)29(25(22)31)13-12-16(2)3/h8-11,14-16,22-23H,7,12-13H2,1-6H3/t22-,23+/m0/s1. The molecule has 0 aliphatic carbocycles. The molecular formula is C27H33N3O6. The summed E-state index contributed by atoms with van der Waals surface area (Å²) in [5.74, 6) is 0.101. The molecule has 9 nitrogen and oxygen atoms in total. The lowest BCUT2D eigenvalue weighted by Gasteiger charge is -2.38. The van der Waals surface area contributed by atoms with Gasteiger partial charge in [-0.1, -0.05) is 26.0 Å². The van der Waals surface area contributed by atoms with Gasteiger partial charge in [0.1, 0.15) is 0 Å². The average molecular weight is 496 g/mol. The van der Waals surface area contributed by atoms with Crippen molar-refractivity contribution >= 4 is 28.9 Å². The van der Waals surface area contributed by atoms with Gasteiger partial charge < -0.3 is 23.5 Å².